The van der Waals surface area contributed by atoms with Crippen molar-refractivity contribution in [3.63, 3.8) is 0 Å². The minimum atomic E-state index is -0.671. The van der Waals surface area contributed by atoms with Crippen LogP contribution in [0.4, 0.5) is 0 Å². The molecule has 0 aliphatic heterocycles. The molecular formula is C22H26O8. The molecule has 0 spiro atoms. The van der Waals surface area contributed by atoms with Crippen LogP contribution in [0, 0.1) is 0 Å². The van der Waals surface area contributed by atoms with E-state index in [-0.39, 0.29) is 22.6 Å². The summed E-state index contributed by atoms with van der Waals surface area (Å²) in [5, 5.41) is 9.20. The van der Waals surface area contributed by atoms with Crippen LogP contribution >= 0.6 is 0 Å². The zero-order valence-electron chi connectivity index (χ0n) is 17.9. The number of esters is 2. The van der Waals surface area contributed by atoms with Crippen molar-refractivity contribution in [3.05, 3.63) is 59.7 Å². The van der Waals surface area contributed by atoms with E-state index in [1.165, 1.54) is 24.3 Å². The van der Waals surface area contributed by atoms with Gasteiger partial charge in [0.2, 0.25) is 0 Å². The summed E-state index contributed by atoms with van der Waals surface area (Å²) in [6.45, 7) is 10.5. The van der Waals surface area contributed by atoms with Crippen LogP contribution in [-0.4, -0.2) is 23.1 Å². The minimum Gasteiger partial charge on any atom is -0.456 e. The number of para-hydroxylation sites is 2. The molecule has 0 N–H and O–H groups in total. The Hall–Kier alpha value is -3.10. The molecule has 0 unspecified atom stereocenters. The number of hydrogen-bond acceptors (Lipinski definition) is 8. The summed E-state index contributed by atoms with van der Waals surface area (Å²) in [5.74, 6) is -1.04. The summed E-state index contributed by atoms with van der Waals surface area (Å²) < 4.78 is 10.6. The molecule has 0 fully saturated rings. The van der Waals surface area contributed by atoms with Crippen molar-refractivity contribution in [1.82, 2.24) is 0 Å². The Morgan fingerprint density at radius 3 is 1.27 bits per heavy atom. The monoisotopic (exact) mass is 418 g/mol. The summed E-state index contributed by atoms with van der Waals surface area (Å²) in [5.41, 5.74) is -1.05. The Kier molecular flexibility index (Phi) is 7.42. The zero-order valence-corrected chi connectivity index (χ0v) is 17.9. The first-order chi connectivity index (χ1) is 14.0. The molecule has 8 nitrogen and oxygen atoms in total. The highest BCUT2D eigenvalue weighted by Crippen LogP contribution is 2.24. The van der Waals surface area contributed by atoms with Gasteiger partial charge in [0.05, 0.1) is 0 Å². The third-order valence-electron chi connectivity index (χ3n) is 3.29. The summed E-state index contributed by atoms with van der Waals surface area (Å²) in [4.78, 5) is 34.6. The van der Waals surface area contributed by atoms with Gasteiger partial charge in [-0.1, -0.05) is 24.3 Å². The van der Waals surface area contributed by atoms with Gasteiger partial charge in [-0.15, -0.1) is 0 Å². The first-order valence-corrected chi connectivity index (χ1v) is 9.29. The fraction of sp³-hybridized carbons (Fsp3) is 0.364. The number of carbonyl (C=O) groups excluding carboxylic acids is 2. The average Bonchev–Trinajstić information content (AvgIpc) is 2.63. The van der Waals surface area contributed by atoms with Crippen LogP contribution in [0.5, 0.6) is 11.5 Å². The number of carbonyl (C=O) groups is 2. The Morgan fingerprint density at radius 1 is 0.600 bits per heavy atom. The largest absolute Gasteiger partial charge is 0.456 e. The third kappa shape index (κ3) is 7.38. The molecule has 0 amide bonds. The highest BCUT2D eigenvalue weighted by molar-refractivity contribution is 5.93. The van der Waals surface area contributed by atoms with Gasteiger partial charge in [-0.05, 0) is 65.8 Å². The van der Waals surface area contributed by atoms with E-state index in [1.807, 2.05) is 0 Å². The van der Waals surface area contributed by atoms with Gasteiger partial charge < -0.3 is 19.2 Å². The van der Waals surface area contributed by atoms with E-state index < -0.39 is 23.1 Å². The maximum atomic E-state index is 12.3. The van der Waals surface area contributed by atoms with E-state index in [0.717, 1.165) is 0 Å². The topological polar surface area (TPSA) is 89.5 Å². The molecule has 0 aromatic heterocycles. The fourth-order valence-electron chi connectivity index (χ4n) is 2.18. The Morgan fingerprint density at radius 2 is 0.933 bits per heavy atom. The Labute approximate surface area is 175 Å². The minimum absolute atomic E-state index is 0.0655. The standard InChI is InChI=1S/C22H26O8/c1-21(2,3)25-19(23)15-11-7-9-13-17(15)27-29-30-28-18-14-10-8-12-16(18)20(24)26-22(4,5)6/h7-14H,1-6H3. The van der Waals surface area contributed by atoms with Crippen LogP contribution in [0.1, 0.15) is 62.3 Å². The Balaban J connectivity index is 1.99. The third-order valence-corrected chi connectivity index (χ3v) is 3.29. The van der Waals surface area contributed by atoms with Gasteiger partial charge in [0.15, 0.2) is 11.5 Å². The highest BCUT2D eigenvalue weighted by atomic mass is 17.7. The number of benzene rings is 2. The molecular weight excluding hydrogens is 392 g/mol. The number of rotatable bonds is 7. The first-order valence-electron chi connectivity index (χ1n) is 9.29. The number of ether oxygens (including phenoxy) is 2. The van der Waals surface area contributed by atoms with E-state index in [4.69, 9.17) is 19.2 Å². The lowest BCUT2D eigenvalue weighted by Gasteiger charge is -2.20. The number of hydrogen-bond donors (Lipinski definition) is 0. The molecule has 0 heterocycles. The second-order valence-corrected chi connectivity index (χ2v) is 8.30. The van der Waals surface area contributed by atoms with E-state index in [1.54, 1.807) is 65.8 Å². The van der Waals surface area contributed by atoms with Crippen molar-refractivity contribution < 1.29 is 38.9 Å². The average molecular weight is 418 g/mol. The maximum absolute atomic E-state index is 12.3. The summed E-state index contributed by atoms with van der Waals surface area (Å²) in [6.07, 6.45) is 0. The van der Waals surface area contributed by atoms with E-state index in [9.17, 15) is 9.59 Å². The van der Waals surface area contributed by atoms with Crippen LogP contribution in [0.25, 0.3) is 0 Å². The predicted octanol–water partition coefficient (Wildman–Crippen LogP) is 4.83. The van der Waals surface area contributed by atoms with Gasteiger partial charge in [-0.2, -0.15) is 0 Å². The summed E-state index contributed by atoms with van der Waals surface area (Å²) in [6, 6.07) is 12.6. The van der Waals surface area contributed by atoms with E-state index in [0.29, 0.717) is 0 Å². The van der Waals surface area contributed by atoms with Crippen molar-refractivity contribution >= 4 is 11.9 Å². The molecule has 2 aromatic rings. The van der Waals surface area contributed by atoms with E-state index >= 15 is 0 Å². The van der Waals surface area contributed by atoms with Crippen LogP contribution in [0.2, 0.25) is 0 Å². The van der Waals surface area contributed by atoms with Gasteiger partial charge in [0.25, 0.3) is 0 Å². The lowest BCUT2D eigenvalue weighted by atomic mass is 10.1. The van der Waals surface area contributed by atoms with E-state index in [2.05, 4.69) is 10.1 Å². The molecule has 0 atom stereocenters. The van der Waals surface area contributed by atoms with Gasteiger partial charge in [0, 0.05) is 10.1 Å². The van der Waals surface area contributed by atoms with Crippen LogP contribution in [-0.2, 0) is 19.6 Å². The SMILES string of the molecule is CC(C)(C)OC(=O)c1ccccc1OOOOc1ccccc1C(=O)OC(C)(C)C. The molecule has 162 valence electrons. The van der Waals surface area contributed by atoms with Gasteiger partial charge in [-0.3, -0.25) is 0 Å². The maximum Gasteiger partial charge on any atom is 0.342 e. The van der Waals surface area contributed by atoms with Crippen molar-refractivity contribution in [1.29, 1.82) is 0 Å². The predicted molar refractivity (Wildman–Crippen MR) is 107 cm³/mol. The molecule has 30 heavy (non-hydrogen) atoms. The van der Waals surface area contributed by atoms with Gasteiger partial charge in [-0.25, -0.2) is 9.59 Å². The van der Waals surface area contributed by atoms with Crippen LogP contribution in [0.15, 0.2) is 48.5 Å². The fourth-order valence-corrected chi connectivity index (χ4v) is 2.18. The Bertz CT molecular complexity index is 804. The molecule has 0 saturated carbocycles. The van der Waals surface area contributed by atoms with Crippen LogP contribution in [0.3, 0.4) is 0 Å². The van der Waals surface area contributed by atoms with Gasteiger partial charge in [0.1, 0.15) is 22.3 Å². The molecule has 8 heteroatoms. The molecule has 2 aromatic carbocycles. The molecule has 0 radical (unpaired) electrons. The summed E-state index contributed by atoms with van der Waals surface area (Å²) in [7, 11) is 0. The smallest absolute Gasteiger partial charge is 0.342 e. The summed E-state index contributed by atoms with van der Waals surface area (Å²) >= 11 is 0. The van der Waals surface area contributed by atoms with Crippen LogP contribution < -0.4 is 9.78 Å². The van der Waals surface area contributed by atoms with Crippen molar-refractivity contribution in [3.8, 4) is 11.5 Å². The first kappa shape index (κ1) is 23.2. The van der Waals surface area contributed by atoms with Crippen molar-refractivity contribution in [2.24, 2.45) is 0 Å². The van der Waals surface area contributed by atoms with Crippen molar-refractivity contribution in [2.45, 2.75) is 52.7 Å². The highest BCUT2D eigenvalue weighted by Gasteiger charge is 2.23. The normalized spacial score (nSPS) is 11.5. The molecule has 0 aliphatic carbocycles. The molecule has 0 bridgehead atoms. The van der Waals surface area contributed by atoms with Crippen molar-refractivity contribution in [2.75, 3.05) is 0 Å². The zero-order chi connectivity index (χ0) is 22.4. The molecule has 2 rings (SSSR count). The quantitative estimate of drug-likeness (QED) is 0.273. The second-order valence-electron chi connectivity index (χ2n) is 8.30. The van der Waals surface area contributed by atoms with Gasteiger partial charge >= 0.3 is 11.9 Å². The molecule has 0 aliphatic rings. The lowest BCUT2D eigenvalue weighted by molar-refractivity contribution is -0.575. The lowest BCUT2D eigenvalue weighted by Crippen LogP contribution is -2.24. The molecule has 0 saturated heterocycles. The second kappa shape index (κ2) is 9.60.